The number of ether oxygens (including phenoxy) is 1. The van der Waals surface area contributed by atoms with E-state index in [9.17, 15) is 5.11 Å². The molecule has 0 spiro atoms. The van der Waals surface area contributed by atoms with Gasteiger partial charge in [-0.2, -0.15) is 5.10 Å². The van der Waals surface area contributed by atoms with Crippen LogP contribution in [0.1, 0.15) is 6.92 Å². The molecule has 3 N–H and O–H groups in total. The summed E-state index contributed by atoms with van der Waals surface area (Å²) in [6.45, 7) is 5.58. The smallest absolute Gasteiger partial charge is 0.0862 e. The molecule has 2 atom stereocenters. The molecule has 6 nitrogen and oxygen atoms in total. The molecule has 17 heavy (non-hydrogen) atoms. The Morgan fingerprint density at radius 3 is 3.12 bits per heavy atom. The average molecular weight is 240 g/mol. The van der Waals surface area contributed by atoms with Crippen molar-refractivity contribution >= 4 is 5.69 Å². The predicted octanol–water partition coefficient (Wildman–Crippen LogP) is -0.453. The van der Waals surface area contributed by atoms with Gasteiger partial charge in [0, 0.05) is 25.3 Å². The fraction of sp³-hybridized carbons (Fsp3) is 0.727. The third-order valence-corrected chi connectivity index (χ3v) is 3.00. The molecule has 1 aromatic rings. The minimum Gasteiger partial charge on any atom is -0.396 e. The van der Waals surface area contributed by atoms with E-state index in [-0.39, 0.29) is 0 Å². The van der Waals surface area contributed by atoms with Gasteiger partial charge in [0.25, 0.3) is 0 Å². The van der Waals surface area contributed by atoms with E-state index in [1.165, 1.54) is 0 Å². The van der Waals surface area contributed by atoms with Gasteiger partial charge >= 0.3 is 0 Å². The van der Waals surface area contributed by atoms with E-state index in [1.54, 1.807) is 17.1 Å². The average Bonchev–Trinajstić information content (AvgIpc) is 2.67. The molecule has 1 saturated heterocycles. The lowest BCUT2D eigenvalue weighted by Crippen LogP contribution is -2.47. The number of aromatic nitrogens is 2. The summed E-state index contributed by atoms with van der Waals surface area (Å²) in [7, 11) is 0. The number of β-amino-alcohol motifs (C(OH)–C–C–N with tert-alkyl or cyclic N) is 1. The molecule has 0 aromatic carbocycles. The zero-order valence-electron chi connectivity index (χ0n) is 10.1. The molecule has 0 bridgehead atoms. The normalized spacial score (nSPS) is 23.8. The largest absolute Gasteiger partial charge is 0.396 e. The minimum absolute atomic E-state index is 0.362. The first-order valence-corrected chi connectivity index (χ1v) is 5.93. The SMILES string of the molecule is CC1COCCN1CC(O)Cn1cc(N)cn1. The van der Waals surface area contributed by atoms with E-state index in [4.69, 9.17) is 10.5 Å². The van der Waals surface area contributed by atoms with E-state index < -0.39 is 6.10 Å². The Hall–Kier alpha value is -1.11. The summed E-state index contributed by atoms with van der Waals surface area (Å²) in [5.74, 6) is 0. The first-order valence-electron chi connectivity index (χ1n) is 5.93. The summed E-state index contributed by atoms with van der Waals surface area (Å²) in [6.07, 6.45) is 2.88. The topological polar surface area (TPSA) is 76.5 Å². The quantitative estimate of drug-likeness (QED) is 0.745. The van der Waals surface area contributed by atoms with Gasteiger partial charge in [0.05, 0.1) is 37.7 Å². The van der Waals surface area contributed by atoms with Gasteiger partial charge < -0.3 is 15.6 Å². The summed E-state index contributed by atoms with van der Waals surface area (Å²) in [4.78, 5) is 2.24. The van der Waals surface area contributed by atoms with Crippen LogP contribution in [0.15, 0.2) is 12.4 Å². The van der Waals surface area contributed by atoms with Crippen molar-refractivity contribution in [1.29, 1.82) is 0 Å². The summed E-state index contributed by atoms with van der Waals surface area (Å²) >= 11 is 0. The Bertz CT molecular complexity index is 355. The van der Waals surface area contributed by atoms with Gasteiger partial charge in [0.1, 0.15) is 0 Å². The van der Waals surface area contributed by atoms with Gasteiger partial charge in [0.15, 0.2) is 0 Å². The zero-order valence-corrected chi connectivity index (χ0v) is 10.1. The summed E-state index contributed by atoms with van der Waals surface area (Å²) < 4.78 is 7.03. The standard InChI is InChI=1S/C11H20N4O2/c1-9-8-17-3-2-14(9)6-11(16)7-15-5-10(12)4-13-15/h4-5,9,11,16H,2-3,6-8,12H2,1H3. The Morgan fingerprint density at radius 2 is 2.47 bits per heavy atom. The van der Waals surface area contributed by atoms with E-state index >= 15 is 0 Å². The highest BCUT2D eigenvalue weighted by Gasteiger charge is 2.21. The molecular formula is C11H20N4O2. The molecule has 0 amide bonds. The maximum atomic E-state index is 10.00. The van der Waals surface area contributed by atoms with E-state index in [0.29, 0.717) is 24.8 Å². The number of rotatable bonds is 4. The first kappa shape index (κ1) is 12.3. The molecule has 0 saturated carbocycles. The Kier molecular flexibility index (Phi) is 3.98. The number of hydrogen-bond acceptors (Lipinski definition) is 5. The second-order valence-corrected chi connectivity index (χ2v) is 4.57. The number of morpholine rings is 1. The van der Waals surface area contributed by atoms with Crippen molar-refractivity contribution in [2.45, 2.75) is 25.6 Å². The second kappa shape index (κ2) is 5.48. The van der Waals surface area contributed by atoms with Crippen LogP contribution in [-0.2, 0) is 11.3 Å². The number of nitrogen functional groups attached to an aromatic ring is 1. The van der Waals surface area contributed by atoms with Crippen molar-refractivity contribution in [3.8, 4) is 0 Å². The van der Waals surface area contributed by atoms with Crippen molar-refractivity contribution in [1.82, 2.24) is 14.7 Å². The summed E-state index contributed by atoms with van der Waals surface area (Å²) in [6, 6.07) is 0.362. The van der Waals surface area contributed by atoms with Crippen molar-refractivity contribution in [2.24, 2.45) is 0 Å². The van der Waals surface area contributed by atoms with Crippen LogP contribution in [0.2, 0.25) is 0 Å². The van der Waals surface area contributed by atoms with Gasteiger partial charge in [0.2, 0.25) is 0 Å². The molecular weight excluding hydrogens is 220 g/mol. The lowest BCUT2D eigenvalue weighted by Gasteiger charge is -2.34. The van der Waals surface area contributed by atoms with Crippen LogP contribution in [0, 0.1) is 0 Å². The number of hydrogen-bond donors (Lipinski definition) is 2. The lowest BCUT2D eigenvalue weighted by molar-refractivity contribution is -0.0226. The van der Waals surface area contributed by atoms with Gasteiger partial charge in [-0.3, -0.25) is 9.58 Å². The maximum absolute atomic E-state index is 10.00. The molecule has 2 unspecified atom stereocenters. The molecule has 1 aliphatic heterocycles. The van der Waals surface area contributed by atoms with E-state index in [1.807, 2.05) is 0 Å². The third-order valence-electron chi connectivity index (χ3n) is 3.00. The van der Waals surface area contributed by atoms with Gasteiger partial charge in [-0.15, -0.1) is 0 Å². The Morgan fingerprint density at radius 1 is 1.65 bits per heavy atom. The molecule has 0 aliphatic carbocycles. The molecule has 2 rings (SSSR count). The molecule has 96 valence electrons. The first-order chi connectivity index (χ1) is 8.15. The number of nitrogens with two attached hydrogens (primary N) is 1. The minimum atomic E-state index is -0.435. The fourth-order valence-electron chi connectivity index (χ4n) is 2.06. The lowest BCUT2D eigenvalue weighted by atomic mass is 10.2. The fourth-order valence-corrected chi connectivity index (χ4v) is 2.06. The molecule has 1 fully saturated rings. The Labute approximate surface area is 101 Å². The maximum Gasteiger partial charge on any atom is 0.0862 e. The third kappa shape index (κ3) is 3.42. The van der Waals surface area contributed by atoms with Crippen molar-refractivity contribution in [3.63, 3.8) is 0 Å². The number of aliphatic hydroxyl groups is 1. The molecule has 6 heteroatoms. The molecule has 1 aromatic heterocycles. The number of anilines is 1. The van der Waals surface area contributed by atoms with Crippen LogP contribution in [0.3, 0.4) is 0 Å². The van der Waals surface area contributed by atoms with E-state index in [0.717, 1.165) is 19.8 Å². The summed E-state index contributed by atoms with van der Waals surface area (Å²) in [5.41, 5.74) is 6.19. The highest BCUT2D eigenvalue weighted by Crippen LogP contribution is 2.08. The van der Waals surface area contributed by atoms with Gasteiger partial charge in [-0.05, 0) is 6.92 Å². The van der Waals surface area contributed by atoms with Crippen LogP contribution in [-0.4, -0.2) is 58.2 Å². The molecule has 1 aliphatic rings. The molecule has 2 heterocycles. The monoisotopic (exact) mass is 240 g/mol. The Balaban J connectivity index is 1.82. The molecule has 0 radical (unpaired) electrons. The van der Waals surface area contributed by atoms with Crippen molar-refractivity contribution < 1.29 is 9.84 Å². The van der Waals surface area contributed by atoms with Gasteiger partial charge in [-0.25, -0.2) is 0 Å². The van der Waals surface area contributed by atoms with Crippen molar-refractivity contribution in [2.75, 3.05) is 32.0 Å². The van der Waals surface area contributed by atoms with Gasteiger partial charge in [-0.1, -0.05) is 0 Å². The number of nitrogens with zero attached hydrogens (tertiary/aromatic N) is 3. The van der Waals surface area contributed by atoms with Crippen LogP contribution in [0.4, 0.5) is 5.69 Å². The highest BCUT2D eigenvalue weighted by molar-refractivity contribution is 5.30. The predicted molar refractivity (Wildman–Crippen MR) is 64.5 cm³/mol. The highest BCUT2D eigenvalue weighted by atomic mass is 16.5. The number of aliphatic hydroxyl groups excluding tert-OH is 1. The zero-order chi connectivity index (χ0) is 12.3. The van der Waals surface area contributed by atoms with Crippen LogP contribution in [0.5, 0.6) is 0 Å². The summed E-state index contributed by atoms with van der Waals surface area (Å²) in [5, 5.41) is 14.1. The van der Waals surface area contributed by atoms with Crippen LogP contribution < -0.4 is 5.73 Å². The van der Waals surface area contributed by atoms with Crippen LogP contribution in [0.25, 0.3) is 0 Å². The second-order valence-electron chi connectivity index (χ2n) is 4.57. The van der Waals surface area contributed by atoms with E-state index in [2.05, 4.69) is 16.9 Å². The van der Waals surface area contributed by atoms with Crippen LogP contribution >= 0.6 is 0 Å². The van der Waals surface area contributed by atoms with Crippen molar-refractivity contribution in [3.05, 3.63) is 12.4 Å².